The topological polar surface area (TPSA) is 76.5 Å². The summed E-state index contributed by atoms with van der Waals surface area (Å²) in [5.74, 6) is -1.17. The summed E-state index contributed by atoms with van der Waals surface area (Å²) in [7, 11) is 1.31. The van der Waals surface area contributed by atoms with Gasteiger partial charge in [0.25, 0.3) is 0 Å². The predicted molar refractivity (Wildman–Crippen MR) is 43.1 cm³/mol. The second kappa shape index (κ2) is 3.66. The van der Waals surface area contributed by atoms with Crippen LogP contribution in [0.2, 0.25) is 0 Å². The highest BCUT2D eigenvalue weighted by molar-refractivity contribution is 5.92. The Hall–Kier alpha value is -1.91. The summed E-state index contributed by atoms with van der Waals surface area (Å²) < 4.78 is 4.70. The lowest BCUT2D eigenvalue weighted by molar-refractivity contribution is 0.0692. The van der Waals surface area contributed by atoms with E-state index >= 15 is 0 Å². The molecule has 1 aromatic heterocycles. The SMILES string of the molecule is COc1ncc(C=O)cc1C(=O)O. The van der Waals surface area contributed by atoms with E-state index in [9.17, 15) is 9.59 Å². The first-order valence-electron chi connectivity index (χ1n) is 3.41. The van der Waals surface area contributed by atoms with Gasteiger partial charge >= 0.3 is 5.97 Å². The highest BCUT2D eigenvalue weighted by atomic mass is 16.5. The number of methoxy groups -OCH3 is 1. The third-order valence-corrected chi connectivity index (χ3v) is 1.43. The van der Waals surface area contributed by atoms with E-state index in [1.807, 2.05) is 0 Å². The predicted octanol–water partition coefficient (Wildman–Crippen LogP) is 0.601. The first kappa shape index (κ1) is 9.18. The summed E-state index contributed by atoms with van der Waals surface area (Å²) in [5.41, 5.74) is 0.0882. The molecule has 0 fully saturated rings. The van der Waals surface area contributed by atoms with Crippen LogP contribution >= 0.6 is 0 Å². The van der Waals surface area contributed by atoms with Gasteiger partial charge in [-0.05, 0) is 6.07 Å². The van der Waals surface area contributed by atoms with Crippen molar-refractivity contribution >= 4 is 12.3 Å². The minimum absolute atomic E-state index is 0.00176. The van der Waals surface area contributed by atoms with Gasteiger partial charge in [-0.1, -0.05) is 0 Å². The van der Waals surface area contributed by atoms with Crippen molar-refractivity contribution in [3.63, 3.8) is 0 Å². The van der Waals surface area contributed by atoms with Crippen LogP contribution in [0.5, 0.6) is 5.88 Å². The Bertz CT molecular complexity index is 348. The summed E-state index contributed by atoms with van der Waals surface area (Å²) in [6.07, 6.45) is 1.77. The molecule has 0 atom stereocenters. The Morgan fingerprint density at radius 2 is 2.38 bits per heavy atom. The second-order valence-electron chi connectivity index (χ2n) is 2.25. The van der Waals surface area contributed by atoms with E-state index in [1.54, 1.807) is 0 Å². The number of hydrogen-bond donors (Lipinski definition) is 1. The number of aldehydes is 1. The van der Waals surface area contributed by atoms with Crippen molar-refractivity contribution in [2.75, 3.05) is 7.11 Å². The van der Waals surface area contributed by atoms with Crippen LogP contribution in [0.4, 0.5) is 0 Å². The highest BCUT2D eigenvalue weighted by Gasteiger charge is 2.12. The number of nitrogens with zero attached hydrogens (tertiary/aromatic N) is 1. The summed E-state index contributed by atoms with van der Waals surface area (Å²) in [6, 6.07) is 1.21. The van der Waals surface area contributed by atoms with Crippen LogP contribution in [0.15, 0.2) is 12.3 Å². The summed E-state index contributed by atoms with van der Waals surface area (Å²) in [4.78, 5) is 24.6. The van der Waals surface area contributed by atoms with E-state index in [0.717, 1.165) is 0 Å². The molecule has 0 aromatic carbocycles. The lowest BCUT2D eigenvalue weighted by atomic mass is 10.2. The van der Waals surface area contributed by atoms with Gasteiger partial charge in [-0.15, -0.1) is 0 Å². The van der Waals surface area contributed by atoms with Crippen LogP contribution in [0.1, 0.15) is 20.7 Å². The molecule has 5 nitrogen and oxygen atoms in total. The Morgan fingerprint density at radius 1 is 1.69 bits per heavy atom. The van der Waals surface area contributed by atoms with Gasteiger partial charge in [0.15, 0.2) is 6.29 Å². The maximum atomic E-state index is 10.6. The zero-order valence-electron chi connectivity index (χ0n) is 6.85. The van der Waals surface area contributed by atoms with E-state index in [-0.39, 0.29) is 17.0 Å². The van der Waals surface area contributed by atoms with E-state index in [4.69, 9.17) is 9.84 Å². The van der Waals surface area contributed by atoms with E-state index < -0.39 is 5.97 Å². The van der Waals surface area contributed by atoms with Crippen molar-refractivity contribution in [1.29, 1.82) is 0 Å². The Balaban J connectivity index is 3.25. The molecule has 1 N–H and O–H groups in total. The van der Waals surface area contributed by atoms with Crippen LogP contribution in [0, 0.1) is 0 Å². The van der Waals surface area contributed by atoms with Crippen LogP contribution in [-0.2, 0) is 0 Å². The highest BCUT2D eigenvalue weighted by Crippen LogP contribution is 2.14. The maximum Gasteiger partial charge on any atom is 0.341 e. The molecule has 0 bridgehead atoms. The van der Waals surface area contributed by atoms with Gasteiger partial charge in [0.05, 0.1) is 7.11 Å². The van der Waals surface area contributed by atoms with Gasteiger partial charge in [0.1, 0.15) is 5.56 Å². The third-order valence-electron chi connectivity index (χ3n) is 1.43. The minimum atomic E-state index is -1.17. The fraction of sp³-hybridized carbons (Fsp3) is 0.125. The van der Waals surface area contributed by atoms with Gasteiger partial charge in [0.2, 0.25) is 5.88 Å². The molecule has 0 saturated carbocycles. The van der Waals surface area contributed by atoms with Crippen molar-refractivity contribution in [1.82, 2.24) is 4.98 Å². The number of carbonyl (C=O) groups is 2. The van der Waals surface area contributed by atoms with Crippen molar-refractivity contribution in [3.8, 4) is 5.88 Å². The number of aromatic nitrogens is 1. The molecule has 0 aliphatic carbocycles. The Kier molecular flexibility index (Phi) is 2.59. The van der Waals surface area contributed by atoms with Gasteiger partial charge in [-0.3, -0.25) is 4.79 Å². The van der Waals surface area contributed by atoms with Gasteiger partial charge in [-0.25, -0.2) is 9.78 Å². The number of carbonyl (C=O) groups excluding carboxylic acids is 1. The van der Waals surface area contributed by atoms with E-state index in [1.165, 1.54) is 19.4 Å². The standard InChI is InChI=1S/C8H7NO4/c1-13-7-6(8(11)12)2-5(4-10)3-9-7/h2-4H,1H3,(H,11,12). The Morgan fingerprint density at radius 3 is 2.85 bits per heavy atom. The van der Waals surface area contributed by atoms with E-state index in [2.05, 4.69) is 4.98 Å². The molecule has 68 valence electrons. The molecule has 0 radical (unpaired) electrons. The summed E-state index contributed by atoms with van der Waals surface area (Å²) in [5, 5.41) is 8.68. The minimum Gasteiger partial charge on any atom is -0.480 e. The first-order valence-corrected chi connectivity index (χ1v) is 3.41. The average molecular weight is 181 g/mol. The molecular weight excluding hydrogens is 174 g/mol. The molecule has 0 amide bonds. The molecule has 0 aliphatic heterocycles. The fourth-order valence-electron chi connectivity index (χ4n) is 0.849. The molecular formula is C8H7NO4. The van der Waals surface area contributed by atoms with Crippen molar-refractivity contribution < 1.29 is 19.4 Å². The monoisotopic (exact) mass is 181 g/mol. The largest absolute Gasteiger partial charge is 0.480 e. The molecule has 0 saturated heterocycles. The first-order chi connectivity index (χ1) is 6.19. The Labute approximate surface area is 74.0 Å². The van der Waals surface area contributed by atoms with Crippen molar-refractivity contribution in [2.24, 2.45) is 0 Å². The normalized spacial score (nSPS) is 9.31. The summed E-state index contributed by atoms with van der Waals surface area (Å²) >= 11 is 0. The molecule has 1 rings (SSSR count). The van der Waals surface area contributed by atoms with Crippen LogP contribution in [0.25, 0.3) is 0 Å². The second-order valence-corrected chi connectivity index (χ2v) is 2.25. The summed E-state index contributed by atoms with van der Waals surface area (Å²) in [6.45, 7) is 0. The quantitative estimate of drug-likeness (QED) is 0.691. The molecule has 0 spiro atoms. The maximum absolute atomic E-state index is 10.6. The smallest absolute Gasteiger partial charge is 0.341 e. The molecule has 13 heavy (non-hydrogen) atoms. The molecule has 1 heterocycles. The number of rotatable bonds is 3. The molecule has 1 aromatic rings. The number of ether oxygens (including phenoxy) is 1. The lowest BCUT2D eigenvalue weighted by Crippen LogP contribution is -2.03. The fourth-order valence-corrected chi connectivity index (χ4v) is 0.849. The zero-order valence-corrected chi connectivity index (χ0v) is 6.85. The molecule has 5 heteroatoms. The third kappa shape index (κ3) is 1.81. The number of pyridine rings is 1. The van der Waals surface area contributed by atoms with Gasteiger partial charge in [0, 0.05) is 11.8 Å². The van der Waals surface area contributed by atoms with Crippen molar-refractivity contribution in [3.05, 3.63) is 23.4 Å². The van der Waals surface area contributed by atoms with Crippen LogP contribution in [-0.4, -0.2) is 29.5 Å². The average Bonchev–Trinajstić information content (AvgIpc) is 2.16. The number of carboxylic acid groups (broad SMARTS) is 1. The zero-order chi connectivity index (χ0) is 9.84. The number of aromatic carboxylic acids is 1. The lowest BCUT2D eigenvalue weighted by Gasteiger charge is -2.02. The van der Waals surface area contributed by atoms with Gasteiger partial charge < -0.3 is 9.84 Å². The molecule has 0 unspecified atom stereocenters. The number of carboxylic acids is 1. The van der Waals surface area contributed by atoms with E-state index in [0.29, 0.717) is 6.29 Å². The van der Waals surface area contributed by atoms with Crippen molar-refractivity contribution in [2.45, 2.75) is 0 Å². The van der Waals surface area contributed by atoms with Crippen LogP contribution in [0.3, 0.4) is 0 Å². The van der Waals surface area contributed by atoms with Gasteiger partial charge in [-0.2, -0.15) is 0 Å². The van der Waals surface area contributed by atoms with Crippen LogP contribution < -0.4 is 4.74 Å². The molecule has 0 aliphatic rings. The number of hydrogen-bond acceptors (Lipinski definition) is 4.